The van der Waals surface area contributed by atoms with Gasteiger partial charge in [-0.3, -0.25) is 4.79 Å². The molecule has 0 spiro atoms. The first kappa shape index (κ1) is 17.9. The molecule has 3 rings (SSSR count). The summed E-state index contributed by atoms with van der Waals surface area (Å²) in [6.07, 6.45) is -3.38. The molecule has 1 aliphatic heterocycles. The molecule has 0 unspecified atom stereocenters. The summed E-state index contributed by atoms with van der Waals surface area (Å²) in [5.41, 5.74) is -0.678. The summed E-state index contributed by atoms with van der Waals surface area (Å²) >= 11 is 0.857. The number of rotatable bonds is 3. The van der Waals surface area contributed by atoms with Crippen LogP contribution in [0.4, 0.5) is 13.2 Å². The zero-order chi connectivity index (χ0) is 18.2. The van der Waals surface area contributed by atoms with Crippen LogP contribution in [-0.4, -0.2) is 36.6 Å². The van der Waals surface area contributed by atoms with Gasteiger partial charge in [0.15, 0.2) is 0 Å². The average molecular weight is 373 g/mol. The zero-order valence-electron chi connectivity index (χ0n) is 13.7. The van der Waals surface area contributed by atoms with E-state index in [0.717, 1.165) is 23.9 Å². The van der Waals surface area contributed by atoms with Crippen molar-refractivity contribution in [3.63, 3.8) is 0 Å². The first-order chi connectivity index (χ1) is 11.8. The minimum absolute atomic E-state index is 0.0242. The molecule has 2 N–H and O–H groups in total. The average Bonchev–Trinajstić information content (AvgIpc) is 2.96. The van der Waals surface area contributed by atoms with Gasteiger partial charge in [0, 0.05) is 24.5 Å². The minimum Gasteiger partial charge on any atom is -0.474 e. The molecule has 0 aromatic carbocycles. The fraction of sp³-hybridized carbons (Fsp3) is 0.500. The highest BCUT2D eigenvalue weighted by Gasteiger charge is 2.36. The summed E-state index contributed by atoms with van der Waals surface area (Å²) in [6.45, 7) is 2.73. The number of hydrogen-bond donors (Lipinski definition) is 2. The van der Waals surface area contributed by atoms with Gasteiger partial charge in [0.05, 0.1) is 21.3 Å². The second kappa shape index (κ2) is 6.80. The number of aromatic nitrogens is 1. The maximum absolute atomic E-state index is 13.4. The van der Waals surface area contributed by atoms with E-state index in [1.807, 2.05) is 6.92 Å². The molecule has 2 aromatic rings. The van der Waals surface area contributed by atoms with Gasteiger partial charge in [-0.1, -0.05) is 0 Å². The Kier molecular flexibility index (Phi) is 4.88. The smallest absolute Gasteiger partial charge is 0.418 e. The van der Waals surface area contributed by atoms with Crippen molar-refractivity contribution in [3.8, 4) is 5.88 Å². The summed E-state index contributed by atoms with van der Waals surface area (Å²) in [7, 11) is 1.42. The van der Waals surface area contributed by atoms with E-state index in [4.69, 9.17) is 4.74 Å². The third-order valence-electron chi connectivity index (χ3n) is 4.14. The zero-order valence-corrected chi connectivity index (χ0v) is 14.6. The normalized spacial score (nSPS) is 21.3. The number of ether oxygens (including phenoxy) is 1. The molecule has 136 valence electrons. The minimum atomic E-state index is -4.55. The third-order valence-corrected chi connectivity index (χ3v) is 5.14. The molecular weight excluding hydrogens is 355 g/mol. The number of piperidine rings is 1. The van der Waals surface area contributed by atoms with Gasteiger partial charge < -0.3 is 15.4 Å². The molecule has 9 heteroatoms. The second-order valence-corrected chi connectivity index (χ2v) is 6.91. The van der Waals surface area contributed by atoms with Gasteiger partial charge in [-0.15, -0.1) is 11.3 Å². The third kappa shape index (κ3) is 3.72. The summed E-state index contributed by atoms with van der Waals surface area (Å²) < 4.78 is 46.0. The van der Waals surface area contributed by atoms with E-state index in [1.54, 1.807) is 0 Å². The van der Waals surface area contributed by atoms with Gasteiger partial charge >= 0.3 is 6.18 Å². The Morgan fingerprint density at radius 2 is 2.24 bits per heavy atom. The van der Waals surface area contributed by atoms with E-state index >= 15 is 0 Å². The Morgan fingerprint density at radius 3 is 2.88 bits per heavy atom. The lowest BCUT2D eigenvalue weighted by Crippen LogP contribution is -2.40. The van der Waals surface area contributed by atoms with Crippen LogP contribution in [0.1, 0.15) is 35.7 Å². The fourth-order valence-electron chi connectivity index (χ4n) is 2.92. The predicted octanol–water partition coefficient (Wildman–Crippen LogP) is 3.19. The van der Waals surface area contributed by atoms with Gasteiger partial charge in [-0.05, 0) is 26.3 Å². The Morgan fingerprint density at radius 1 is 1.48 bits per heavy atom. The van der Waals surface area contributed by atoms with Crippen LogP contribution in [0.3, 0.4) is 0 Å². The van der Waals surface area contributed by atoms with Crippen LogP contribution in [0.5, 0.6) is 5.88 Å². The predicted molar refractivity (Wildman–Crippen MR) is 89.1 cm³/mol. The van der Waals surface area contributed by atoms with Gasteiger partial charge in [-0.25, -0.2) is 4.98 Å². The first-order valence-corrected chi connectivity index (χ1v) is 8.79. The van der Waals surface area contributed by atoms with Gasteiger partial charge in [0.1, 0.15) is 6.10 Å². The Hall–Kier alpha value is -1.87. The van der Waals surface area contributed by atoms with Crippen LogP contribution in [0.15, 0.2) is 11.4 Å². The van der Waals surface area contributed by atoms with Crippen LogP contribution in [-0.2, 0) is 6.18 Å². The van der Waals surface area contributed by atoms with Crippen molar-refractivity contribution in [2.75, 3.05) is 13.6 Å². The topological polar surface area (TPSA) is 63.2 Å². The number of alkyl halides is 3. The van der Waals surface area contributed by atoms with Crippen LogP contribution in [0, 0.1) is 0 Å². The molecule has 1 fully saturated rings. The molecule has 3 heterocycles. The van der Waals surface area contributed by atoms with Crippen molar-refractivity contribution in [2.24, 2.45) is 0 Å². The van der Waals surface area contributed by atoms with Crippen molar-refractivity contribution < 1.29 is 22.7 Å². The number of hydrogen-bond acceptors (Lipinski definition) is 5. The van der Waals surface area contributed by atoms with Gasteiger partial charge in [0.2, 0.25) is 5.88 Å². The summed E-state index contributed by atoms with van der Waals surface area (Å²) in [4.78, 5) is 16.1. The van der Waals surface area contributed by atoms with Crippen LogP contribution in [0.2, 0.25) is 0 Å². The van der Waals surface area contributed by atoms with Crippen molar-refractivity contribution in [3.05, 3.63) is 22.6 Å². The fourth-order valence-corrected chi connectivity index (χ4v) is 3.94. The maximum atomic E-state index is 13.4. The molecule has 5 nitrogen and oxygen atoms in total. The van der Waals surface area contributed by atoms with Crippen LogP contribution < -0.4 is 15.4 Å². The number of carbonyl (C=O) groups excluding carboxylic acids is 1. The molecule has 0 saturated carbocycles. The number of carbonyl (C=O) groups is 1. The quantitative estimate of drug-likeness (QED) is 0.867. The monoisotopic (exact) mass is 373 g/mol. The molecule has 0 aliphatic carbocycles. The number of fused-ring (bicyclic) bond motifs is 1. The van der Waals surface area contributed by atoms with Crippen molar-refractivity contribution in [1.29, 1.82) is 0 Å². The lowest BCUT2D eigenvalue weighted by Gasteiger charge is -2.28. The number of pyridine rings is 1. The number of nitrogens with one attached hydrogen (secondary N) is 2. The maximum Gasteiger partial charge on any atom is 0.418 e. The van der Waals surface area contributed by atoms with Gasteiger partial charge in [-0.2, -0.15) is 13.2 Å². The highest BCUT2D eigenvalue weighted by atomic mass is 32.1. The highest BCUT2D eigenvalue weighted by Crippen LogP contribution is 2.40. The molecule has 1 aliphatic rings. The Balaban J connectivity index is 2.04. The Bertz CT molecular complexity index is 791. The summed E-state index contributed by atoms with van der Waals surface area (Å²) in [5.74, 6) is -0.568. The number of thiophene rings is 1. The van der Waals surface area contributed by atoms with E-state index in [-0.39, 0.29) is 33.8 Å². The SMILES string of the molecule is CNC(=O)c1csc2c(C(F)(F)F)cc(O[C@H]3CCN[C@H](C)C3)nc12. The molecule has 1 saturated heterocycles. The molecule has 2 aromatic heterocycles. The second-order valence-electron chi connectivity index (χ2n) is 6.03. The lowest BCUT2D eigenvalue weighted by atomic mass is 10.0. The number of amides is 1. The van der Waals surface area contributed by atoms with E-state index < -0.39 is 17.6 Å². The summed E-state index contributed by atoms with van der Waals surface area (Å²) in [6, 6.07) is 1.16. The standard InChI is InChI=1S/C16H18F3N3O2S/c1-8-5-9(3-4-21-8)24-12-6-11(16(17,18)19)14-13(22-12)10(7-25-14)15(23)20-2/h6-9,21H,3-5H2,1-2H3,(H,20,23)/t8-,9+/m1/s1. The van der Waals surface area contributed by atoms with Crippen molar-refractivity contribution >= 4 is 27.5 Å². The lowest BCUT2D eigenvalue weighted by molar-refractivity contribution is -0.136. The van der Waals surface area contributed by atoms with Crippen molar-refractivity contribution in [1.82, 2.24) is 15.6 Å². The molecule has 0 radical (unpaired) electrons. The Labute approximate surface area is 146 Å². The summed E-state index contributed by atoms with van der Waals surface area (Å²) in [5, 5.41) is 7.07. The largest absolute Gasteiger partial charge is 0.474 e. The molecule has 2 atom stereocenters. The van der Waals surface area contributed by atoms with Crippen molar-refractivity contribution in [2.45, 2.75) is 38.1 Å². The molecular formula is C16H18F3N3O2S. The van der Waals surface area contributed by atoms with Crippen LogP contribution in [0.25, 0.3) is 10.2 Å². The van der Waals surface area contributed by atoms with E-state index in [1.165, 1.54) is 12.4 Å². The molecule has 1 amide bonds. The van der Waals surface area contributed by atoms with E-state index in [0.29, 0.717) is 12.8 Å². The van der Waals surface area contributed by atoms with E-state index in [2.05, 4.69) is 15.6 Å². The first-order valence-electron chi connectivity index (χ1n) is 7.91. The van der Waals surface area contributed by atoms with Gasteiger partial charge in [0.25, 0.3) is 5.91 Å². The van der Waals surface area contributed by atoms with E-state index in [9.17, 15) is 18.0 Å². The number of halogens is 3. The number of nitrogens with zero attached hydrogens (tertiary/aromatic N) is 1. The molecule has 25 heavy (non-hydrogen) atoms. The molecule has 0 bridgehead atoms. The van der Waals surface area contributed by atoms with Crippen LogP contribution >= 0.6 is 11.3 Å². The highest BCUT2D eigenvalue weighted by molar-refractivity contribution is 7.17.